The van der Waals surface area contributed by atoms with Crippen molar-refractivity contribution in [3.05, 3.63) is 18.0 Å². The molecule has 134 valence electrons. The highest BCUT2D eigenvalue weighted by Crippen LogP contribution is 2.00. The lowest BCUT2D eigenvalue weighted by atomic mass is 10.4. The smallest absolute Gasteiger partial charge is 0.356 e. The van der Waals surface area contributed by atoms with Crippen LogP contribution in [0, 0.1) is 12.3 Å². The number of rotatable bonds is 14. The Kier molecular flexibility index (Phi) is 11.3. The van der Waals surface area contributed by atoms with Gasteiger partial charge in [0.15, 0.2) is 0 Å². The average Bonchev–Trinajstić information content (AvgIpc) is 3.06. The van der Waals surface area contributed by atoms with Gasteiger partial charge in [0.1, 0.15) is 12.3 Å². The zero-order valence-corrected chi connectivity index (χ0v) is 13.9. The van der Waals surface area contributed by atoms with Crippen molar-refractivity contribution in [2.75, 3.05) is 60.0 Å². The fourth-order valence-electron chi connectivity index (χ4n) is 1.73. The van der Waals surface area contributed by atoms with Crippen LogP contribution in [0.4, 0.5) is 0 Å². The van der Waals surface area contributed by atoms with Crippen LogP contribution in [0.2, 0.25) is 0 Å². The van der Waals surface area contributed by atoms with Crippen molar-refractivity contribution in [2.45, 2.75) is 6.54 Å². The Morgan fingerprint density at radius 1 is 1.08 bits per heavy atom. The van der Waals surface area contributed by atoms with E-state index in [0.29, 0.717) is 65.1 Å². The summed E-state index contributed by atoms with van der Waals surface area (Å²) in [6, 6.07) is 1.60. The van der Waals surface area contributed by atoms with E-state index in [1.54, 1.807) is 16.9 Å². The molecule has 0 aliphatic carbocycles. The molecule has 0 spiro atoms. The average molecular weight is 340 g/mol. The van der Waals surface area contributed by atoms with Crippen LogP contribution in [0.5, 0.6) is 0 Å². The van der Waals surface area contributed by atoms with Gasteiger partial charge in [0.05, 0.1) is 59.9 Å². The summed E-state index contributed by atoms with van der Waals surface area (Å²) in [5, 5.41) is 4.05. The van der Waals surface area contributed by atoms with E-state index in [0.717, 1.165) is 0 Å². The zero-order valence-electron chi connectivity index (χ0n) is 13.9. The first kappa shape index (κ1) is 20.1. The molecule has 0 fully saturated rings. The van der Waals surface area contributed by atoms with Gasteiger partial charge in [-0.05, 0) is 6.07 Å². The number of ether oxygens (including phenoxy) is 5. The lowest BCUT2D eigenvalue weighted by molar-refractivity contribution is 0.000128. The van der Waals surface area contributed by atoms with E-state index in [4.69, 9.17) is 25.4 Å². The van der Waals surface area contributed by atoms with Gasteiger partial charge in [-0.1, -0.05) is 5.92 Å². The Bertz CT molecular complexity index is 497. The van der Waals surface area contributed by atoms with Crippen LogP contribution in [-0.4, -0.2) is 75.7 Å². The molecule has 0 aliphatic heterocycles. The minimum Gasteiger partial charge on any atom is -0.464 e. The summed E-state index contributed by atoms with van der Waals surface area (Å²) < 4.78 is 27.3. The highest BCUT2D eigenvalue weighted by Gasteiger charge is 2.11. The number of methoxy groups -OCH3 is 1. The molecule has 1 aromatic heterocycles. The van der Waals surface area contributed by atoms with E-state index in [1.807, 2.05) is 0 Å². The standard InChI is InChI=1S/C16H24N2O6/c1-3-7-21-9-11-23-13-14-24-12-10-22-8-6-18-15(4-5-17-18)16(19)20-2/h1,4-5H,6-14H2,2H3. The highest BCUT2D eigenvalue weighted by atomic mass is 16.6. The van der Waals surface area contributed by atoms with Crippen molar-refractivity contribution in [3.8, 4) is 12.3 Å². The maximum absolute atomic E-state index is 11.5. The third kappa shape index (κ3) is 8.64. The molecule has 0 N–H and O–H groups in total. The van der Waals surface area contributed by atoms with Crippen molar-refractivity contribution in [3.63, 3.8) is 0 Å². The summed E-state index contributed by atoms with van der Waals surface area (Å²) in [4.78, 5) is 11.5. The second kappa shape index (κ2) is 13.5. The van der Waals surface area contributed by atoms with E-state index in [1.165, 1.54) is 7.11 Å². The highest BCUT2D eigenvalue weighted by molar-refractivity contribution is 5.87. The summed E-state index contributed by atoms with van der Waals surface area (Å²) in [6.07, 6.45) is 6.59. The van der Waals surface area contributed by atoms with Crippen molar-refractivity contribution >= 4 is 5.97 Å². The number of terminal acetylenes is 1. The maximum Gasteiger partial charge on any atom is 0.356 e. The van der Waals surface area contributed by atoms with Gasteiger partial charge < -0.3 is 23.7 Å². The first-order valence-electron chi connectivity index (χ1n) is 7.64. The van der Waals surface area contributed by atoms with Crippen molar-refractivity contribution < 1.29 is 28.5 Å². The monoisotopic (exact) mass is 340 g/mol. The molecule has 1 rings (SSSR count). The van der Waals surface area contributed by atoms with E-state index >= 15 is 0 Å². The Morgan fingerprint density at radius 3 is 2.25 bits per heavy atom. The van der Waals surface area contributed by atoms with Gasteiger partial charge >= 0.3 is 5.97 Å². The van der Waals surface area contributed by atoms with Crippen molar-refractivity contribution in [2.24, 2.45) is 0 Å². The van der Waals surface area contributed by atoms with Gasteiger partial charge in [0.25, 0.3) is 0 Å². The van der Waals surface area contributed by atoms with Crippen LogP contribution < -0.4 is 0 Å². The van der Waals surface area contributed by atoms with E-state index in [2.05, 4.69) is 15.8 Å². The molecular weight excluding hydrogens is 316 g/mol. The van der Waals surface area contributed by atoms with Crippen LogP contribution in [0.1, 0.15) is 10.5 Å². The number of aromatic nitrogens is 2. The summed E-state index contributed by atoms with van der Waals surface area (Å²) in [5.41, 5.74) is 0.403. The summed E-state index contributed by atoms with van der Waals surface area (Å²) in [6.45, 7) is 4.09. The number of hydrogen-bond donors (Lipinski definition) is 0. The molecule has 8 nitrogen and oxygen atoms in total. The number of carbonyl (C=O) groups excluding carboxylic acids is 1. The third-order valence-electron chi connectivity index (χ3n) is 2.86. The second-order valence-electron chi connectivity index (χ2n) is 4.52. The number of hydrogen-bond acceptors (Lipinski definition) is 7. The number of esters is 1. The Morgan fingerprint density at radius 2 is 1.67 bits per heavy atom. The van der Waals surface area contributed by atoms with Crippen LogP contribution >= 0.6 is 0 Å². The molecule has 0 amide bonds. The molecule has 24 heavy (non-hydrogen) atoms. The lowest BCUT2D eigenvalue weighted by Gasteiger charge is -2.08. The fraction of sp³-hybridized carbons (Fsp3) is 0.625. The predicted molar refractivity (Wildman–Crippen MR) is 85.7 cm³/mol. The predicted octanol–water partition coefficient (Wildman–Crippen LogP) is 0.369. The Labute approximate surface area is 142 Å². The summed E-state index contributed by atoms with van der Waals surface area (Å²) in [7, 11) is 1.33. The van der Waals surface area contributed by atoms with Crippen LogP contribution in [-0.2, 0) is 30.2 Å². The van der Waals surface area contributed by atoms with Gasteiger partial charge in [0.2, 0.25) is 0 Å². The number of nitrogens with zero attached hydrogens (tertiary/aromatic N) is 2. The molecule has 0 aromatic carbocycles. The minimum atomic E-state index is -0.416. The van der Waals surface area contributed by atoms with Crippen molar-refractivity contribution in [1.82, 2.24) is 9.78 Å². The van der Waals surface area contributed by atoms with E-state index in [9.17, 15) is 4.79 Å². The fourth-order valence-corrected chi connectivity index (χ4v) is 1.73. The van der Waals surface area contributed by atoms with Crippen molar-refractivity contribution in [1.29, 1.82) is 0 Å². The minimum absolute atomic E-state index is 0.302. The molecule has 0 radical (unpaired) electrons. The summed E-state index contributed by atoms with van der Waals surface area (Å²) >= 11 is 0. The van der Waals surface area contributed by atoms with Gasteiger partial charge in [-0.15, -0.1) is 6.42 Å². The van der Waals surface area contributed by atoms with Gasteiger partial charge in [-0.25, -0.2) is 4.79 Å². The lowest BCUT2D eigenvalue weighted by Crippen LogP contribution is -2.16. The van der Waals surface area contributed by atoms with Gasteiger partial charge in [0, 0.05) is 6.20 Å². The molecule has 1 heterocycles. The molecule has 0 atom stereocenters. The van der Waals surface area contributed by atoms with Crippen LogP contribution in [0.15, 0.2) is 12.3 Å². The normalized spacial score (nSPS) is 10.5. The topological polar surface area (TPSA) is 81.0 Å². The molecule has 8 heteroatoms. The Balaban J connectivity index is 1.92. The SMILES string of the molecule is C#CCOCCOCCOCCOCCn1nccc1C(=O)OC. The van der Waals surface area contributed by atoms with Gasteiger partial charge in [-0.2, -0.15) is 5.10 Å². The molecule has 0 saturated carbocycles. The molecule has 1 aromatic rings. The summed E-state index contributed by atoms with van der Waals surface area (Å²) in [5.74, 6) is 1.96. The molecule has 0 saturated heterocycles. The van der Waals surface area contributed by atoms with Crippen LogP contribution in [0.3, 0.4) is 0 Å². The maximum atomic E-state index is 11.5. The molecular formula is C16H24N2O6. The molecule has 0 unspecified atom stereocenters. The number of carbonyl (C=O) groups is 1. The van der Waals surface area contributed by atoms with Crippen LogP contribution in [0.25, 0.3) is 0 Å². The second-order valence-corrected chi connectivity index (χ2v) is 4.52. The Hall–Kier alpha value is -1.92. The molecule has 0 aliphatic rings. The first-order valence-corrected chi connectivity index (χ1v) is 7.64. The quantitative estimate of drug-likeness (QED) is 0.275. The first-order chi connectivity index (χ1) is 11.8. The van der Waals surface area contributed by atoms with Gasteiger partial charge in [-0.3, -0.25) is 4.68 Å². The van der Waals surface area contributed by atoms with E-state index < -0.39 is 5.97 Å². The third-order valence-corrected chi connectivity index (χ3v) is 2.86. The van der Waals surface area contributed by atoms with E-state index in [-0.39, 0.29) is 0 Å². The largest absolute Gasteiger partial charge is 0.464 e. The zero-order chi connectivity index (χ0) is 17.5. The molecule has 0 bridgehead atoms.